The van der Waals surface area contributed by atoms with Crippen molar-refractivity contribution in [3.8, 4) is 5.75 Å². The van der Waals surface area contributed by atoms with E-state index in [1.54, 1.807) is 42.5 Å². The normalized spacial score (nSPS) is 16.3. The molecule has 1 N–H and O–H groups in total. The zero-order valence-corrected chi connectivity index (χ0v) is 17.1. The lowest BCUT2D eigenvalue weighted by Crippen LogP contribution is -2.31. The van der Waals surface area contributed by atoms with Gasteiger partial charge in [0.25, 0.3) is 5.91 Å². The third-order valence-corrected chi connectivity index (χ3v) is 5.10. The minimum Gasteiger partial charge on any atom is -0.503 e. The highest BCUT2D eigenvalue weighted by Gasteiger charge is 2.44. The third-order valence-electron chi connectivity index (χ3n) is 5.10. The smallest absolute Gasteiger partial charge is 0.308 e. The molecule has 1 amide bonds. The number of nitrogens with zero attached hydrogens (tertiary/aromatic N) is 1. The molecular weight excluding hydrogens is 398 g/mol. The van der Waals surface area contributed by atoms with Gasteiger partial charge in [0.05, 0.1) is 11.6 Å². The number of ether oxygens (including phenoxy) is 1. The van der Waals surface area contributed by atoms with Gasteiger partial charge < -0.3 is 19.2 Å². The molecule has 1 unspecified atom stereocenters. The van der Waals surface area contributed by atoms with Gasteiger partial charge in [-0.05, 0) is 36.2 Å². The Hall–Kier alpha value is -3.87. The standard InChI is InChI=1S/C24H21NO6/c1-3-11-25-21(16-8-6-9-17(12-16)30-14(2)26)20(23(28)24(25)29)22(27)19-13-15-7-4-5-10-18(15)31-19/h4-10,12-13,21,28H,3,11H2,1-2H3. The Morgan fingerprint density at radius 3 is 2.61 bits per heavy atom. The molecule has 0 aliphatic carbocycles. The van der Waals surface area contributed by atoms with Crippen LogP contribution >= 0.6 is 0 Å². The van der Waals surface area contributed by atoms with E-state index in [4.69, 9.17) is 9.15 Å². The van der Waals surface area contributed by atoms with E-state index >= 15 is 0 Å². The molecule has 0 saturated carbocycles. The molecule has 0 bridgehead atoms. The number of fused-ring (bicyclic) bond motifs is 1. The van der Waals surface area contributed by atoms with Crippen molar-refractivity contribution >= 4 is 28.6 Å². The molecule has 1 aliphatic rings. The van der Waals surface area contributed by atoms with Crippen molar-refractivity contribution in [2.24, 2.45) is 0 Å². The van der Waals surface area contributed by atoms with Gasteiger partial charge in [-0.15, -0.1) is 0 Å². The van der Waals surface area contributed by atoms with Gasteiger partial charge in [-0.25, -0.2) is 0 Å². The van der Waals surface area contributed by atoms with Crippen LogP contribution in [0.5, 0.6) is 5.75 Å². The van der Waals surface area contributed by atoms with Gasteiger partial charge in [-0.2, -0.15) is 0 Å². The Morgan fingerprint density at radius 2 is 1.90 bits per heavy atom. The summed E-state index contributed by atoms with van der Waals surface area (Å²) in [5.74, 6) is -1.94. The van der Waals surface area contributed by atoms with Crippen LogP contribution < -0.4 is 4.74 Å². The molecule has 1 aromatic heterocycles. The van der Waals surface area contributed by atoms with Crippen molar-refractivity contribution in [1.29, 1.82) is 0 Å². The molecule has 0 fully saturated rings. The molecular formula is C24H21NO6. The number of Topliss-reactive ketones (excluding diaryl/α,β-unsaturated/α-hetero) is 1. The molecule has 3 aromatic rings. The summed E-state index contributed by atoms with van der Waals surface area (Å²) in [5, 5.41) is 11.4. The van der Waals surface area contributed by atoms with Crippen molar-refractivity contribution in [2.75, 3.05) is 6.54 Å². The predicted octanol–water partition coefficient (Wildman–Crippen LogP) is 4.35. The van der Waals surface area contributed by atoms with E-state index in [0.717, 1.165) is 5.39 Å². The molecule has 7 nitrogen and oxygen atoms in total. The predicted molar refractivity (Wildman–Crippen MR) is 113 cm³/mol. The van der Waals surface area contributed by atoms with Gasteiger partial charge in [0, 0.05) is 18.9 Å². The van der Waals surface area contributed by atoms with Crippen molar-refractivity contribution in [1.82, 2.24) is 4.90 Å². The number of hydrogen-bond acceptors (Lipinski definition) is 6. The molecule has 4 rings (SSSR count). The number of para-hydroxylation sites is 1. The molecule has 7 heteroatoms. The van der Waals surface area contributed by atoms with E-state index in [1.807, 2.05) is 19.1 Å². The van der Waals surface area contributed by atoms with Crippen LogP contribution in [-0.2, 0) is 9.59 Å². The van der Waals surface area contributed by atoms with Crippen molar-refractivity contribution < 1.29 is 28.6 Å². The minimum atomic E-state index is -0.830. The molecule has 1 atom stereocenters. The first kappa shape index (κ1) is 20.4. The number of ketones is 1. The second-order valence-electron chi connectivity index (χ2n) is 7.31. The van der Waals surface area contributed by atoms with Gasteiger partial charge in [0.2, 0.25) is 5.78 Å². The molecule has 2 heterocycles. The fourth-order valence-corrected chi connectivity index (χ4v) is 3.84. The molecule has 0 spiro atoms. The van der Waals surface area contributed by atoms with Crippen LogP contribution in [0.25, 0.3) is 11.0 Å². The molecule has 31 heavy (non-hydrogen) atoms. The monoisotopic (exact) mass is 419 g/mol. The highest BCUT2D eigenvalue weighted by atomic mass is 16.5. The number of benzene rings is 2. The van der Waals surface area contributed by atoms with E-state index in [1.165, 1.54) is 11.8 Å². The maximum atomic E-state index is 13.4. The average Bonchev–Trinajstić information content (AvgIpc) is 3.28. The lowest BCUT2D eigenvalue weighted by molar-refractivity contribution is -0.132. The number of amides is 1. The second-order valence-corrected chi connectivity index (χ2v) is 7.31. The summed E-state index contributed by atoms with van der Waals surface area (Å²) >= 11 is 0. The summed E-state index contributed by atoms with van der Waals surface area (Å²) in [6, 6.07) is 14.5. The molecule has 0 saturated heterocycles. The van der Waals surface area contributed by atoms with E-state index in [9.17, 15) is 19.5 Å². The van der Waals surface area contributed by atoms with Gasteiger partial charge >= 0.3 is 5.97 Å². The number of hydrogen-bond donors (Lipinski definition) is 1. The van der Waals surface area contributed by atoms with E-state index in [-0.39, 0.29) is 17.1 Å². The Morgan fingerprint density at radius 1 is 1.13 bits per heavy atom. The van der Waals surface area contributed by atoms with Gasteiger partial charge in [0.1, 0.15) is 11.3 Å². The Bertz CT molecular complexity index is 1190. The van der Waals surface area contributed by atoms with Gasteiger partial charge in [-0.3, -0.25) is 14.4 Å². The Balaban J connectivity index is 1.80. The summed E-state index contributed by atoms with van der Waals surface area (Å²) in [6.45, 7) is 3.52. The van der Waals surface area contributed by atoms with Crippen molar-refractivity contribution in [2.45, 2.75) is 26.3 Å². The summed E-state index contributed by atoms with van der Waals surface area (Å²) in [4.78, 5) is 39.0. The first-order valence-electron chi connectivity index (χ1n) is 9.96. The van der Waals surface area contributed by atoms with Crippen LogP contribution in [0.3, 0.4) is 0 Å². The maximum Gasteiger partial charge on any atom is 0.308 e. The number of furan rings is 1. The number of aliphatic hydroxyl groups is 1. The fourth-order valence-electron chi connectivity index (χ4n) is 3.84. The highest BCUT2D eigenvalue weighted by molar-refractivity contribution is 6.16. The summed E-state index contributed by atoms with van der Waals surface area (Å²) in [6.07, 6.45) is 0.630. The zero-order chi connectivity index (χ0) is 22.1. The number of rotatable bonds is 6. The first-order valence-corrected chi connectivity index (χ1v) is 9.96. The quantitative estimate of drug-likeness (QED) is 0.363. The number of carbonyl (C=O) groups is 3. The lowest BCUT2D eigenvalue weighted by Gasteiger charge is -2.26. The van der Waals surface area contributed by atoms with Gasteiger partial charge in [0.15, 0.2) is 11.5 Å². The number of aliphatic hydroxyl groups excluding tert-OH is 1. The third kappa shape index (κ3) is 3.70. The zero-order valence-electron chi connectivity index (χ0n) is 17.1. The fraction of sp³-hybridized carbons (Fsp3) is 0.208. The van der Waals surface area contributed by atoms with Gasteiger partial charge in [-0.1, -0.05) is 37.3 Å². The Labute approximate surface area is 178 Å². The van der Waals surface area contributed by atoms with E-state index < -0.39 is 29.5 Å². The molecule has 1 aliphatic heterocycles. The van der Waals surface area contributed by atoms with Crippen molar-refractivity contribution in [3.05, 3.63) is 77.3 Å². The highest BCUT2D eigenvalue weighted by Crippen LogP contribution is 2.40. The summed E-state index contributed by atoms with van der Waals surface area (Å²) < 4.78 is 10.8. The first-order chi connectivity index (χ1) is 14.9. The molecule has 0 radical (unpaired) electrons. The Kier molecular flexibility index (Phi) is 5.33. The average molecular weight is 419 g/mol. The van der Waals surface area contributed by atoms with E-state index in [0.29, 0.717) is 24.1 Å². The topological polar surface area (TPSA) is 97.1 Å². The molecule has 158 valence electrons. The van der Waals surface area contributed by atoms with Crippen LogP contribution in [-0.4, -0.2) is 34.2 Å². The maximum absolute atomic E-state index is 13.4. The lowest BCUT2D eigenvalue weighted by atomic mass is 9.94. The van der Waals surface area contributed by atoms with Crippen LogP contribution in [0.15, 0.2) is 70.3 Å². The van der Waals surface area contributed by atoms with E-state index in [2.05, 4.69) is 0 Å². The number of esters is 1. The van der Waals surface area contributed by atoms with Crippen LogP contribution in [0.2, 0.25) is 0 Å². The summed E-state index contributed by atoms with van der Waals surface area (Å²) in [5.41, 5.74) is 1.02. The minimum absolute atomic E-state index is 0.0371. The summed E-state index contributed by atoms with van der Waals surface area (Å²) in [7, 11) is 0. The number of carbonyl (C=O) groups excluding carboxylic acids is 3. The van der Waals surface area contributed by atoms with Crippen LogP contribution in [0.1, 0.15) is 42.4 Å². The van der Waals surface area contributed by atoms with Crippen molar-refractivity contribution in [3.63, 3.8) is 0 Å². The molecule has 2 aromatic carbocycles. The second kappa shape index (κ2) is 8.10. The SMILES string of the molecule is CCCN1C(=O)C(O)=C(C(=O)c2cc3ccccc3o2)C1c1cccc(OC(C)=O)c1. The van der Waals surface area contributed by atoms with Crippen LogP contribution in [0.4, 0.5) is 0 Å². The van der Waals surface area contributed by atoms with Crippen LogP contribution in [0, 0.1) is 0 Å². The largest absolute Gasteiger partial charge is 0.503 e.